The summed E-state index contributed by atoms with van der Waals surface area (Å²) in [6, 6.07) is 2.08. The molecule has 1 aliphatic rings. The third-order valence-electron chi connectivity index (χ3n) is 2.29. The Morgan fingerprint density at radius 3 is 3.08 bits per heavy atom. The fourth-order valence-corrected chi connectivity index (χ4v) is 1.57. The molecule has 2 N–H and O–H groups in total. The molecule has 2 rings (SSSR count). The van der Waals surface area contributed by atoms with Crippen molar-refractivity contribution in [1.82, 2.24) is 9.78 Å². The van der Waals surface area contributed by atoms with Crippen LogP contribution in [0.2, 0.25) is 0 Å². The number of nitrogens with zero attached hydrogens (tertiary/aromatic N) is 2. The van der Waals surface area contributed by atoms with E-state index >= 15 is 0 Å². The first kappa shape index (κ1) is 7.76. The lowest BCUT2D eigenvalue weighted by atomic mass is 10.1. The highest BCUT2D eigenvalue weighted by Crippen LogP contribution is 2.26. The first-order valence-electron chi connectivity index (χ1n) is 4.14. The summed E-state index contributed by atoms with van der Waals surface area (Å²) in [7, 11) is 1.91. The Hall–Kier alpha value is -0.870. The van der Waals surface area contributed by atoms with E-state index in [4.69, 9.17) is 10.5 Å². The van der Waals surface area contributed by atoms with Gasteiger partial charge in [-0.2, -0.15) is 5.10 Å². The summed E-state index contributed by atoms with van der Waals surface area (Å²) < 4.78 is 7.32. The molecule has 66 valence electrons. The summed E-state index contributed by atoms with van der Waals surface area (Å²) in [6.45, 7) is 0.761. The van der Waals surface area contributed by atoms with Crippen molar-refractivity contribution < 1.29 is 4.74 Å². The summed E-state index contributed by atoms with van der Waals surface area (Å²) in [6.07, 6.45) is 2.75. The molecule has 0 saturated carbocycles. The van der Waals surface area contributed by atoms with E-state index in [1.54, 1.807) is 6.20 Å². The van der Waals surface area contributed by atoms with Gasteiger partial charge in [0.1, 0.15) is 6.10 Å². The lowest BCUT2D eigenvalue weighted by Gasteiger charge is -2.14. The van der Waals surface area contributed by atoms with Crippen molar-refractivity contribution in [1.29, 1.82) is 0 Å². The molecule has 0 bridgehead atoms. The maximum atomic E-state index is 5.87. The molecule has 0 amide bonds. The van der Waals surface area contributed by atoms with Crippen LogP contribution in [-0.2, 0) is 11.8 Å². The number of hydrogen-bond acceptors (Lipinski definition) is 3. The molecule has 1 aliphatic heterocycles. The van der Waals surface area contributed by atoms with Crippen molar-refractivity contribution in [2.75, 3.05) is 6.61 Å². The van der Waals surface area contributed by atoms with Gasteiger partial charge in [-0.1, -0.05) is 0 Å². The standard InChI is InChI=1S/C8H13N3O/c1-11-7(2-4-10-11)8-6(9)3-5-12-8/h2,4,6,8H,3,5,9H2,1H3/t6-,8+/m0/s1. The molecule has 0 radical (unpaired) electrons. The average Bonchev–Trinajstić information content (AvgIpc) is 2.59. The minimum atomic E-state index is 0.0394. The van der Waals surface area contributed by atoms with E-state index in [1.807, 2.05) is 17.8 Å². The second kappa shape index (κ2) is 2.88. The van der Waals surface area contributed by atoms with Crippen molar-refractivity contribution in [3.8, 4) is 0 Å². The molecule has 1 aromatic rings. The van der Waals surface area contributed by atoms with Crippen molar-refractivity contribution in [2.45, 2.75) is 18.6 Å². The molecule has 0 unspecified atom stereocenters. The van der Waals surface area contributed by atoms with Gasteiger partial charge in [-0.25, -0.2) is 0 Å². The van der Waals surface area contributed by atoms with E-state index in [9.17, 15) is 0 Å². The molecule has 12 heavy (non-hydrogen) atoms. The molecule has 1 saturated heterocycles. The highest BCUT2D eigenvalue weighted by atomic mass is 16.5. The van der Waals surface area contributed by atoms with Gasteiger partial charge in [-0.05, 0) is 12.5 Å². The normalized spacial score (nSPS) is 29.5. The van der Waals surface area contributed by atoms with Crippen LogP contribution in [0.3, 0.4) is 0 Å². The quantitative estimate of drug-likeness (QED) is 0.650. The minimum absolute atomic E-state index is 0.0394. The highest BCUT2D eigenvalue weighted by Gasteiger charge is 2.28. The Morgan fingerprint density at radius 1 is 1.75 bits per heavy atom. The van der Waals surface area contributed by atoms with Crippen LogP contribution in [0, 0.1) is 0 Å². The predicted octanol–water partition coefficient (Wildman–Crippen LogP) is 0.209. The number of nitrogens with two attached hydrogens (primary N) is 1. The number of rotatable bonds is 1. The van der Waals surface area contributed by atoms with E-state index in [0.717, 1.165) is 18.7 Å². The Bertz CT molecular complexity index is 271. The van der Waals surface area contributed by atoms with Gasteiger partial charge >= 0.3 is 0 Å². The molecule has 1 aromatic heterocycles. The summed E-state index contributed by atoms with van der Waals surface area (Å²) >= 11 is 0. The van der Waals surface area contributed by atoms with Crippen LogP contribution in [0.25, 0.3) is 0 Å². The van der Waals surface area contributed by atoms with Crippen LogP contribution in [0.1, 0.15) is 18.2 Å². The molecule has 0 aliphatic carbocycles. The van der Waals surface area contributed by atoms with Crippen LogP contribution >= 0.6 is 0 Å². The van der Waals surface area contributed by atoms with Gasteiger partial charge in [-0.15, -0.1) is 0 Å². The largest absolute Gasteiger partial charge is 0.370 e. The predicted molar refractivity (Wildman–Crippen MR) is 44.5 cm³/mol. The summed E-state index contributed by atoms with van der Waals surface area (Å²) in [5.41, 5.74) is 6.94. The van der Waals surface area contributed by atoms with Crippen LogP contribution in [-0.4, -0.2) is 22.4 Å². The van der Waals surface area contributed by atoms with E-state index in [-0.39, 0.29) is 12.1 Å². The first-order valence-corrected chi connectivity index (χ1v) is 4.14. The third kappa shape index (κ3) is 1.13. The fourth-order valence-electron chi connectivity index (χ4n) is 1.57. The zero-order valence-electron chi connectivity index (χ0n) is 7.10. The van der Waals surface area contributed by atoms with Crippen molar-refractivity contribution in [3.05, 3.63) is 18.0 Å². The molecular formula is C8H13N3O. The maximum absolute atomic E-state index is 5.87. The average molecular weight is 167 g/mol. The van der Waals surface area contributed by atoms with Gasteiger partial charge in [0.05, 0.1) is 5.69 Å². The van der Waals surface area contributed by atoms with E-state index < -0.39 is 0 Å². The van der Waals surface area contributed by atoms with E-state index in [2.05, 4.69) is 5.10 Å². The number of ether oxygens (including phenoxy) is 1. The van der Waals surface area contributed by atoms with Gasteiger partial charge < -0.3 is 10.5 Å². The lowest BCUT2D eigenvalue weighted by molar-refractivity contribution is 0.0983. The van der Waals surface area contributed by atoms with E-state index in [1.165, 1.54) is 0 Å². The maximum Gasteiger partial charge on any atom is 0.114 e. The number of aromatic nitrogens is 2. The monoisotopic (exact) mass is 167 g/mol. The molecule has 4 heteroatoms. The van der Waals surface area contributed by atoms with Gasteiger partial charge in [0.25, 0.3) is 0 Å². The molecule has 0 aromatic carbocycles. The topological polar surface area (TPSA) is 53.1 Å². The summed E-state index contributed by atoms with van der Waals surface area (Å²) in [5.74, 6) is 0. The van der Waals surface area contributed by atoms with Gasteiger partial charge in [0, 0.05) is 25.9 Å². The second-order valence-corrected chi connectivity index (χ2v) is 3.12. The van der Waals surface area contributed by atoms with Crippen molar-refractivity contribution >= 4 is 0 Å². The Balaban J connectivity index is 2.24. The molecule has 0 spiro atoms. The molecule has 1 fully saturated rings. The minimum Gasteiger partial charge on any atom is -0.370 e. The molecular weight excluding hydrogens is 154 g/mol. The number of aryl methyl sites for hydroxylation is 1. The van der Waals surface area contributed by atoms with Crippen LogP contribution < -0.4 is 5.73 Å². The lowest BCUT2D eigenvalue weighted by Crippen LogP contribution is -2.25. The van der Waals surface area contributed by atoms with Crippen molar-refractivity contribution in [2.24, 2.45) is 12.8 Å². The fraction of sp³-hybridized carbons (Fsp3) is 0.625. The zero-order chi connectivity index (χ0) is 8.55. The highest BCUT2D eigenvalue weighted by molar-refractivity contribution is 5.08. The Labute approximate surface area is 71.3 Å². The molecule has 4 nitrogen and oxygen atoms in total. The molecule has 2 heterocycles. The smallest absolute Gasteiger partial charge is 0.114 e. The van der Waals surface area contributed by atoms with Crippen molar-refractivity contribution in [3.63, 3.8) is 0 Å². The number of hydrogen-bond donors (Lipinski definition) is 1. The molecule has 2 atom stereocenters. The summed E-state index contributed by atoms with van der Waals surface area (Å²) in [5, 5.41) is 4.08. The zero-order valence-corrected chi connectivity index (χ0v) is 7.10. The summed E-state index contributed by atoms with van der Waals surface area (Å²) in [4.78, 5) is 0. The second-order valence-electron chi connectivity index (χ2n) is 3.12. The third-order valence-corrected chi connectivity index (χ3v) is 2.29. The Kier molecular flexibility index (Phi) is 1.86. The van der Waals surface area contributed by atoms with Gasteiger partial charge in [0.2, 0.25) is 0 Å². The van der Waals surface area contributed by atoms with Crippen LogP contribution in [0.4, 0.5) is 0 Å². The van der Waals surface area contributed by atoms with Crippen LogP contribution in [0.15, 0.2) is 12.3 Å². The van der Waals surface area contributed by atoms with Gasteiger partial charge in [0.15, 0.2) is 0 Å². The van der Waals surface area contributed by atoms with Gasteiger partial charge in [-0.3, -0.25) is 4.68 Å². The first-order chi connectivity index (χ1) is 5.79. The Morgan fingerprint density at radius 2 is 2.58 bits per heavy atom. The SMILES string of the molecule is Cn1nccc1[C@@H]1OCC[C@@H]1N. The van der Waals surface area contributed by atoms with Crippen LogP contribution in [0.5, 0.6) is 0 Å². The van der Waals surface area contributed by atoms with E-state index in [0.29, 0.717) is 0 Å².